The first-order valence-corrected chi connectivity index (χ1v) is 9.18. The smallest absolute Gasteiger partial charge is 0.229 e. The van der Waals surface area contributed by atoms with E-state index in [1.807, 2.05) is 17.0 Å². The third-order valence-electron chi connectivity index (χ3n) is 5.06. The van der Waals surface area contributed by atoms with E-state index in [0.717, 1.165) is 30.1 Å². The molecule has 2 heterocycles. The van der Waals surface area contributed by atoms with Crippen molar-refractivity contribution in [2.75, 3.05) is 37.7 Å². The van der Waals surface area contributed by atoms with Crippen LogP contribution in [-0.2, 0) is 11.2 Å². The van der Waals surface area contributed by atoms with Gasteiger partial charge in [0, 0.05) is 36.9 Å². The molecule has 2 aromatic carbocycles. The highest BCUT2D eigenvalue weighted by atomic mass is 35.5. The number of fused-ring (bicyclic) bond motifs is 1. The normalized spacial score (nSPS) is 19.7. The van der Waals surface area contributed by atoms with Crippen LogP contribution < -0.4 is 9.64 Å². The lowest BCUT2D eigenvalue weighted by molar-refractivity contribution is -0.137. The lowest BCUT2D eigenvalue weighted by atomic mass is 9.95. The number of carbonyl (C=O) groups is 1. The Labute approximate surface area is 157 Å². The number of benzene rings is 2. The highest BCUT2D eigenvalue weighted by Gasteiger charge is 2.31. The molecule has 2 aromatic rings. The zero-order valence-electron chi connectivity index (χ0n) is 14.3. The first kappa shape index (κ1) is 17.2. The van der Waals surface area contributed by atoms with Crippen molar-refractivity contribution < 1.29 is 13.9 Å². The number of hydrogen-bond acceptors (Lipinski definition) is 3. The summed E-state index contributed by atoms with van der Waals surface area (Å²) in [6, 6.07) is 12.0. The van der Waals surface area contributed by atoms with Crippen LogP contribution >= 0.6 is 11.6 Å². The van der Waals surface area contributed by atoms with Gasteiger partial charge in [-0.1, -0.05) is 11.6 Å². The highest BCUT2D eigenvalue weighted by molar-refractivity contribution is 6.30. The predicted molar refractivity (Wildman–Crippen MR) is 99.3 cm³/mol. The average molecular weight is 375 g/mol. The summed E-state index contributed by atoms with van der Waals surface area (Å²) in [6.45, 7) is 3.22. The van der Waals surface area contributed by atoms with E-state index < -0.39 is 0 Å². The third-order valence-corrected chi connectivity index (χ3v) is 5.30. The molecule has 0 aromatic heterocycles. The molecule has 1 atom stereocenters. The van der Waals surface area contributed by atoms with Crippen LogP contribution in [0, 0.1) is 11.7 Å². The minimum absolute atomic E-state index is 0.134. The number of rotatable bonds is 2. The van der Waals surface area contributed by atoms with Gasteiger partial charge in [0.2, 0.25) is 5.91 Å². The van der Waals surface area contributed by atoms with Crippen LogP contribution in [0.15, 0.2) is 42.5 Å². The molecule has 2 aliphatic heterocycles. The minimum Gasteiger partial charge on any atom is -0.492 e. The summed E-state index contributed by atoms with van der Waals surface area (Å²) in [5.74, 6) is 0.549. The Morgan fingerprint density at radius 2 is 1.81 bits per heavy atom. The van der Waals surface area contributed by atoms with Crippen LogP contribution in [0.1, 0.15) is 5.56 Å². The van der Waals surface area contributed by atoms with Crippen molar-refractivity contribution in [1.82, 2.24) is 4.90 Å². The van der Waals surface area contributed by atoms with Crippen molar-refractivity contribution in [3.63, 3.8) is 0 Å². The zero-order chi connectivity index (χ0) is 18.1. The van der Waals surface area contributed by atoms with Crippen LogP contribution in [0.5, 0.6) is 5.75 Å². The Balaban J connectivity index is 1.37. The van der Waals surface area contributed by atoms with Crippen LogP contribution in [0.4, 0.5) is 10.1 Å². The van der Waals surface area contributed by atoms with E-state index in [1.54, 1.807) is 18.2 Å². The van der Waals surface area contributed by atoms with Crippen molar-refractivity contribution in [2.24, 2.45) is 5.92 Å². The fourth-order valence-electron chi connectivity index (χ4n) is 3.62. The number of piperazine rings is 1. The van der Waals surface area contributed by atoms with Gasteiger partial charge in [-0.15, -0.1) is 0 Å². The van der Waals surface area contributed by atoms with E-state index >= 15 is 0 Å². The van der Waals surface area contributed by atoms with Crippen molar-refractivity contribution in [3.8, 4) is 5.75 Å². The fourth-order valence-corrected chi connectivity index (χ4v) is 3.81. The van der Waals surface area contributed by atoms with Crippen molar-refractivity contribution in [1.29, 1.82) is 0 Å². The van der Waals surface area contributed by atoms with Gasteiger partial charge in [0.05, 0.1) is 5.92 Å². The number of carbonyl (C=O) groups excluding carboxylic acids is 1. The van der Waals surface area contributed by atoms with Gasteiger partial charge >= 0.3 is 0 Å². The van der Waals surface area contributed by atoms with Gasteiger partial charge in [0.1, 0.15) is 18.2 Å². The summed E-state index contributed by atoms with van der Waals surface area (Å²) in [4.78, 5) is 17.0. The highest BCUT2D eigenvalue weighted by Crippen LogP contribution is 2.30. The van der Waals surface area contributed by atoms with Gasteiger partial charge in [0.25, 0.3) is 0 Å². The number of hydrogen-bond donors (Lipinski definition) is 0. The summed E-state index contributed by atoms with van der Waals surface area (Å²) >= 11 is 6.06. The summed E-state index contributed by atoms with van der Waals surface area (Å²) in [6.07, 6.45) is 0.660. The topological polar surface area (TPSA) is 32.8 Å². The number of halogens is 2. The summed E-state index contributed by atoms with van der Waals surface area (Å²) < 4.78 is 18.8. The Bertz CT molecular complexity index is 804. The molecule has 0 N–H and O–H groups in total. The van der Waals surface area contributed by atoms with Crippen molar-refractivity contribution in [2.45, 2.75) is 6.42 Å². The van der Waals surface area contributed by atoms with Crippen LogP contribution in [0.25, 0.3) is 0 Å². The molecule has 0 saturated carbocycles. The molecule has 4 rings (SSSR count). The van der Waals surface area contributed by atoms with Crippen LogP contribution in [0.2, 0.25) is 5.02 Å². The largest absolute Gasteiger partial charge is 0.492 e. The summed E-state index contributed by atoms with van der Waals surface area (Å²) in [7, 11) is 0. The summed E-state index contributed by atoms with van der Waals surface area (Å²) in [5, 5.41) is 0.661. The van der Waals surface area contributed by atoms with Crippen molar-refractivity contribution >= 4 is 23.2 Å². The fraction of sp³-hybridized carbons (Fsp3) is 0.350. The molecule has 0 radical (unpaired) electrons. The second-order valence-corrected chi connectivity index (χ2v) is 7.19. The van der Waals surface area contributed by atoms with E-state index in [-0.39, 0.29) is 17.6 Å². The second kappa shape index (κ2) is 7.16. The van der Waals surface area contributed by atoms with Gasteiger partial charge < -0.3 is 14.5 Å². The van der Waals surface area contributed by atoms with Crippen LogP contribution in [0.3, 0.4) is 0 Å². The standard InChI is InChI=1S/C20H20ClFN2O2/c21-16-1-6-19-14(12-16)11-15(13-26-19)20(25)24-9-7-23(8-10-24)18-4-2-17(22)3-5-18/h1-6,12,15H,7-11,13H2/t15-/m0/s1. The number of amides is 1. The van der Waals surface area contributed by atoms with Gasteiger partial charge in [-0.25, -0.2) is 4.39 Å². The second-order valence-electron chi connectivity index (χ2n) is 6.75. The Morgan fingerprint density at radius 1 is 1.08 bits per heavy atom. The zero-order valence-corrected chi connectivity index (χ0v) is 15.1. The molecule has 1 saturated heterocycles. The molecule has 0 bridgehead atoms. The van der Waals surface area contributed by atoms with Gasteiger partial charge in [-0.3, -0.25) is 4.79 Å². The molecular weight excluding hydrogens is 355 g/mol. The lowest BCUT2D eigenvalue weighted by Crippen LogP contribution is -2.51. The molecule has 26 heavy (non-hydrogen) atoms. The molecule has 6 heteroatoms. The Hall–Kier alpha value is -2.27. The predicted octanol–water partition coefficient (Wildman–Crippen LogP) is 3.38. The van der Waals surface area contributed by atoms with E-state index in [4.69, 9.17) is 16.3 Å². The minimum atomic E-state index is -0.236. The molecule has 1 amide bonds. The van der Waals surface area contributed by atoms with Gasteiger partial charge in [-0.2, -0.15) is 0 Å². The molecule has 2 aliphatic rings. The number of anilines is 1. The van der Waals surface area contributed by atoms with E-state index in [1.165, 1.54) is 12.1 Å². The van der Waals surface area contributed by atoms with Gasteiger partial charge in [-0.05, 0) is 54.4 Å². The van der Waals surface area contributed by atoms with Crippen molar-refractivity contribution in [3.05, 3.63) is 58.9 Å². The molecule has 4 nitrogen and oxygen atoms in total. The van der Waals surface area contributed by atoms with E-state index in [2.05, 4.69) is 4.90 Å². The van der Waals surface area contributed by atoms with E-state index in [0.29, 0.717) is 31.1 Å². The Kier molecular flexibility index (Phi) is 4.72. The quantitative estimate of drug-likeness (QED) is 0.808. The molecule has 0 spiro atoms. The maximum absolute atomic E-state index is 13.1. The summed E-state index contributed by atoms with van der Waals surface area (Å²) in [5.41, 5.74) is 1.98. The Morgan fingerprint density at radius 3 is 2.54 bits per heavy atom. The SMILES string of the molecule is O=C([C@@H]1COc2ccc(Cl)cc2C1)N1CCN(c2ccc(F)cc2)CC1. The molecule has 1 fully saturated rings. The van der Waals surface area contributed by atoms with Crippen LogP contribution in [-0.4, -0.2) is 43.6 Å². The van der Waals surface area contributed by atoms with Gasteiger partial charge in [0.15, 0.2) is 0 Å². The molecule has 0 aliphatic carbocycles. The first-order chi connectivity index (χ1) is 12.6. The maximum atomic E-state index is 13.1. The maximum Gasteiger partial charge on any atom is 0.229 e. The molecular formula is C20H20ClFN2O2. The third kappa shape index (κ3) is 3.49. The first-order valence-electron chi connectivity index (χ1n) is 8.81. The average Bonchev–Trinajstić information content (AvgIpc) is 2.67. The monoisotopic (exact) mass is 374 g/mol. The van der Waals surface area contributed by atoms with E-state index in [9.17, 15) is 9.18 Å². The lowest BCUT2D eigenvalue weighted by Gasteiger charge is -2.38. The number of nitrogens with zero attached hydrogens (tertiary/aromatic N) is 2. The molecule has 0 unspecified atom stereocenters. The molecule has 136 valence electrons. The number of ether oxygens (including phenoxy) is 1.